The third-order valence-electron chi connectivity index (χ3n) is 0.998. The molecule has 0 aliphatic carbocycles. The second-order valence-corrected chi connectivity index (χ2v) is 1.82. The van der Waals surface area contributed by atoms with Crippen molar-refractivity contribution >= 4 is 5.97 Å². The molecule has 2 N–H and O–H groups in total. The number of hydrogen-bond acceptors (Lipinski definition) is 3. The molecule has 0 aromatic rings. The van der Waals surface area contributed by atoms with Crippen LogP contribution in [0.25, 0.3) is 0 Å². The van der Waals surface area contributed by atoms with Gasteiger partial charge in [0.05, 0.1) is 6.61 Å². The van der Waals surface area contributed by atoms with Crippen LogP contribution < -0.4 is 5.73 Å². The lowest BCUT2D eigenvalue weighted by Gasteiger charge is -1.96. The Morgan fingerprint density at radius 1 is 1.60 bits per heavy atom. The molecule has 0 unspecified atom stereocenters. The van der Waals surface area contributed by atoms with Crippen LogP contribution in [0.1, 0.15) is 20.3 Å². The lowest BCUT2D eigenvalue weighted by Crippen LogP contribution is -2.04. The minimum atomic E-state index is -0.359. The molecule has 58 valence electrons. The Hall–Kier alpha value is -0.990. The molecule has 0 aromatic heterocycles. The average Bonchev–Trinajstić information content (AvgIpc) is 1.88. The number of hydrogen-bond donors (Lipinski definition) is 1. The first-order valence-corrected chi connectivity index (χ1v) is 3.33. The lowest BCUT2D eigenvalue weighted by molar-refractivity contribution is -0.137. The molecule has 0 radical (unpaired) electrons. The average molecular weight is 143 g/mol. The molecule has 0 rings (SSSR count). The normalized spacial score (nSPS) is 11.2. The van der Waals surface area contributed by atoms with Crippen LogP contribution in [0.2, 0.25) is 0 Å². The van der Waals surface area contributed by atoms with E-state index in [2.05, 4.69) is 4.74 Å². The molecule has 0 saturated heterocycles. The van der Waals surface area contributed by atoms with E-state index in [0.717, 1.165) is 0 Å². The summed E-state index contributed by atoms with van der Waals surface area (Å²) in [7, 11) is 0. The molecule has 0 aliphatic heterocycles. The molecule has 3 nitrogen and oxygen atoms in total. The predicted octanol–water partition coefficient (Wildman–Crippen LogP) is 0.802. The SMILES string of the molecule is CCOC(=O)/C=C(/N)CC. The number of esters is 1. The number of ether oxygens (including phenoxy) is 1. The third kappa shape index (κ3) is 3.95. The monoisotopic (exact) mass is 143 g/mol. The smallest absolute Gasteiger partial charge is 0.332 e. The van der Waals surface area contributed by atoms with Crippen molar-refractivity contribution in [1.29, 1.82) is 0 Å². The van der Waals surface area contributed by atoms with Crippen molar-refractivity contribution in [2.75, 3.05) is 6.61 Å². The van der Waals surface area contributed by atoms with E-state index in [4.69, 9.17) is 5.73 Å². The quantitative estimate of drug-likeness (QED) is 0.469. The van der Waals surface area contributed by atoms with E-state index < -0.39 is 0 Å². The standard InChI is InChI=1S/C7H13NO2/c1-3-6(8)5-7(9)10-4-2/h5H,3-4,8H2,1-2H3/b6-5+. The fraction of sp³-hybridized carbons (Fsp3) is 0.571. The van der Waals surface area contributed by atoms with E-state index in [0.29, 0.717) is 18.7 Å². The summed E-state index contributed by atoms with van der Waals surface area (Å²) in [5.41, 5.74) is 5.92. The van der Waals surface area contributed by atoms with Crippen LogP contribution in [-0.2, 0) is 9.53 Å². The van der Waals surface area contributed by atoms with E-state index in [9.17, 15) is 4.79 Å². The minimum absolute atomic E-state index is 0.359. The maximum Gasteiger partial charge on any atom is 0.332 e. The molecule has 10 heavy (non-hydrogen) atoms. The zero-order valence-corrected chi connectivity index (χ0v) is 6.39. The van der Waals surface area contributed by atoms with Crippen LogP contribution in [0.15, 0.2) is 11.8 Å². The summed E-state index contributed by atoms with van der Waals surface area (Å²) in [5.74, 6) is -0.359. The van der Waals surface area contributed by atoms with Gasteiger partial charge in [0, 0.05) is 11.8 Å². The number of carbonyl (C=O) groups excluding carboxylic acids is 1. The summed E-state index contributed by atoms with van der Waals surface area (Å²) in [6.07, 6.45) is 1.99. The van der Waals surface area contributed by atoms with Crippen LogP contribution in [0.5, 0.6) is 0 Å². The molecule has 0 heterocycles. The largest absolute Gasteiger partial charge is 0.463 e. The van der Waals surface area contributed by atoms with Gasteiger partial charge in [0.15, 0.2) is 0 Å². The van der Waals surface area contributed by atoms with Gasteiger partial charge in [0.2, 0.25) is 0 Å². The molecule has 0 aromatic carbocycles. The summed E-state index contributed by atoms with van der Waals surface area (Å²) in [4.78, 5) is 10.6. The minimum Gasteiger partial charge on any atom is -0.463 e. The Kier molecular flexibility index (Phi) is 4.37. The first-order valence-electron chi connectivity index (χ1n) is 3.33. The first-order chi connectivity index (χ1) is 4.70. The summed E-state index contributed by atoms with van der Waals surface area (Å²) in [6, 6.07) is 0. The topological polar surface area (TPSA) is 52.3 Å². The van der Waals surface area contributed by atoms with Crippen LogP contribution in [-0.4, -0.2) is 12.6 Å². The van der Waals surface area contributed by atoms with Crippen molar-refractivity contribution < 1.29 is 9.53 Å². The Morgan fingerprint density at radius 3 is 2.60 bits per heavy atom. The van der Waals surface area contributed by atoms with Crippen molar-refractivity contribution in [3.05, 3.63) is 11.8 Å². The van der Waals surface area contributed by atoms with Crippen LogP contribution >= 0.6 is 0 Å². The molecule has 3 heteroatoms. The molecular weight excluding hydrogens is 130 g/mol. The zero-order chi connectivity index (χ0) is 7.98. The highest BCUT2D eigenvalue weighted by Gasteiger charge is 1.95. The van der Waals surface area contributed by atoms with Crippen molar-refractivity contribution in [2.24, 2.45) is 5.73 Å². The molecule has 0 bridgehead atoms. The van der Waals surface area contributed by atoms with Crippen LogP contribution in [0, 0.1) is 0 Å². The van der Waals surface area contributed by atoms with Gasteiger partial charge >= 0.3 is 5.97 Å². The molecule has 0 atom stereocenters. The van der Waals surface area contributed by atoms with Gasteiger partial charge in [0.1, 0.15) is 0 Å². The first kappa shape index (κ1) is 9.01. The van der Waals surface area contributed by atoms with Gasteiger partial charge in [-0.2, -0.15) is 0 Å². The van der Waals surface area contributed by atoms with Crippen molar-refractivity contribution in [3.8, 4) is 0 Å². The van der Waals surface area contributed by atoms with E-state index in [1.807, 2.05) is 6.92 Å². The second-order valence-electron chi connectivity index (χ2n) is 1.82. The molecular formula is C7H13NO2. The van der Waals surface area contributed by atoms with Gasteiger partial charge in [-0.05, 0) is 13.3 Å². The maximum atomic E-state index is 10.6. The Balaban J connectivity index is 3.75. The van der Waals surface area contributed by atoms with E-state index in [-0.39, 0.29) is 5.97 Å². The number of allylic oxidation sites excluding steroid dienone is 1. The number of nitrogens with two attached hydrogens (primary N) is 1. The summed E-state index contributed by atoms with van der Waals surface area (Å²) >= 11 is 0. The van der Waals surface area contributed by atoms with E-state index >= 15 is 0 Å². The Bertz CT molecular complexity index is 141. The van der Waals surface area contributed by atoms with Crippen LogP contribution in [0.3, 0.4) is 0 Å². The predicted molar refractivity (Wildman–Crippen MR) is 39.2 cm³/mol. The summed E-state index contributed by atoms with van der Waals surface area (Å²) in [6.45, 7) is 4.03. The number of carbonyl (C=O) groups is 1. The van der Waals surface area contributed by atoms with E-state index in [1.165, 1.54) is 6.08 Å². The Labute approximate surface area is 60.9 Å². The van der Waals surface area contributed by atoms with Gasteiger partial charge in [-0.1, -0.05) is 6.92 Å². The number of rotatable bonds is 3. The zero-order valence-electron chi connectivity index (χ0n) is 6.39. The summed E-state index contributed by atoms with van der Waals surface area (Å²) in [5, 5.41) is 0. The highest BCUT2D eigenvalue weighted by Crippen LogP contribution is 1.91. The molecule has 0 fully saturated rings. The van der Waals surface area contributed by atoms with Gasteiger partial charge in [-0.15, -0.1) is 0 Å². The molecule has 0 amide bonds. The fourth-order valence-electron chi connectivity index (χ4n) is 0.437. The van der Waals surface area contributed by atoms with Crippen LogP contribution in [0.4, 0.5) is 0 Å². The molecule has 0 spiro atoms. The Morgan fingerprint density at radius 2 is 2.20 bits per heavy atom. The van der Waals surface area contributed by atoms with Gasteiger partial charge in [0.25, 0.3) is 0 Å². The van der Waals surface area contributed by atoms with Gasteiger partial charge in [-0.3, -0.25) is 0 Å². The van der Waals surface area contributed by atoms with Crippen molar-refractivity contribution in [1.82, 2.24) is 0 Å². The van der Waals surface area contributed by atoms with Gasteiger partial charge < -0.3 is 10.5 Å². The highest BCUT2D eigenvalue weighted by atomic mass is 16.5. The van der Waals surface area contributed by atoms with Gasteiger partial charge in [-0.25, -0.2) is 4.79 Å². The fourth-order valence-corrected chi connectivity index (χ4v) is 0.437. The lowest BCUT2D eigenvalue weighted by atomic mass is 10.3. The van der Waals surface area contributed by atoms with Crippen molar-refractivity contribution in [3.63, 3.8) is 0 Å². The highest BCUT2D eigenvalue weighted by molar-refractivity contribution is 5.82. The van der Waals surface area contributed by atoms with E-state index in [1.54, 1.807) is 6.92 Å². The summed E-state index contributed by atoms with van der Waals surface area (Å²) < 4.78 is 4.62. The second kappa shape index (κ2) is 4.85. The molecule has 0 aliphatic rings. The molecule has 0 saturated carbocycles. The van der Waals surface area contributed by atoms with Crippen molar-refractivity contribution in [2.45, 2.75) is 20.3 Å². The maximum absolute atomic E-state index is 10.6. The third-order valence-corrected chi connectivity index (χ3v) is 0.998.